The van der Waals surface area contributed by atoms with Gasteiger partial charge in [-0.15, -0.1) is 0 Å². The zero-order valence-electron chi connectivity index (χ0n) is 51.3. The van der Waals surface area contributed by atoms with Crippen LogP contribution in [0.25, 0.3) is 100 Å². The fraction of sp³-hybridized carbons (Fsp3) is 0.277. The van der Waals surface area contributed by atoms with Crippen LogP contribution in [0.5, 0.6) is 0 Å². The molecule has 0 fully saturated rings. The van der Waals surface area contributed by atoms with Gasteiger partial charge in [-0.25, -0.2) is 0 Å². The highest BCUT2D eigenvalue weighted by Gasteiger charge is 2.58. The summed E-state index contributed by atoms with van der Waals surface area (Å²) >= 11 is 0. The van der Waals surface area contributed by atoms with Gasteiger partial charge in [0.1, 0.15) is 5.41 Å². The molecule has 0 nitrogen and oxygen atoms in total. The van der Waals surface area contributed by atoms with Crippen molar-refractivity contribution >= 4 is 0 Å². The van der Waals surface area contributed by atoms with E-state index in [-0.39, 0.29) is 21.7 Å². The third-order valence-electron chi connectivity index (χ3n) is 23.4. The Hall–Kier alpha value is -8.01. The summed E-state index contributed by atoms with van der Waals surface area (Å²) in [5.41, 5.74) is 28.8. The van der Waals surface area contributed by atoms with Crippen LogP contribution in [-0.4, -0.2) is 6.18 Å². The van der Waals surface area contributed by atoms with Gasteiger partial charge in [0.2, 0.25) is 0 Å². The average Bonchev–Trinajstić information content (AvgIpc) is 1.73. The Morgan fingerprint density at radius 1 is 0.233 bits per heavy atom. The van der Waals surface area contributed by atoms with Gasteiger partial charge >= 0.3 is 6.18 Å². The maximum atomic E-state index is 16.3. The summed E-state index contributed by atoms with van der Waals surface area (Å²) in [7, 11) is 0. The number of fused-ring (bicyclic) bond motifs is 15. The van der Waals surface area contributed by atoms with Crippen molar-refractivity contribution in [2.75, 3.05) is 0 Å². The first-order valence-corrected chi connectivity index (χ1v) is 32.1. The number of halogens is 3. The number of hydrogen-bond donors (Lipinski definition) is 0. The molecule has 15 rings (SSSR count). The average molecular weight is 1130 g/mol. The third kappa shape index (κ3) is 7.00. The van der Waals surface area contributed by atoms with Gasteiger partial charge < -0.3 is 0 Å². The molecule has 5 aliphatic carbocycles. The van der Waals surface area contributed by atoms with Gasteiger partial charge in [-0.2, -0.15) is 13.2 Å². The fourth-order valence-electron chi connectivity index (χ4n) is 18.2. The lowest BCUT2D eigenvalue weighted by Gasteiger charge is -2.31. The molecule has 5 aliphatic rings. The van der Waals surface area contributed by atoms with E-state index in [0.29, 0.717) is 22.3 Å². The molecular formula is C83H75F3. The Labute approximate surface area is 507 Å². The van der Waals surface area contributed by atoms with E-state index in [0.717, 1.165) is 73.6 Å². The summed E-state index contributed by atoms with van der Waals surface area (Å²) in [6.45, 7) is 19.9. The van der Waals surface area contributed by atoms with E-state index in [2.05, 4.69) is 213 Å². The normalized spacial score (nSPS) is 16.5. The molecule has 0 atom stereocenters. The monoisotopic (exact) mass is 1130 g/mol. The standard InChI is InChI=1S/C83H75F3/c1-10-79(11-2)68-24-20-18-22-58(68)62-36-28-54(44-72(62)79)56-32-40-66-64-38-30-52(46-74(64)81(14-5,15-6)76(66)48-56)50-26-34-60-61-35-27-51(43-71(61)78(9,70(60)42-50)83(84,85)86)53-31-39-65-67-41-33-57(49-77(67)82(16-7,17-8)75(65)47-53)55-29-37-63-59-23-19-21-25-69(59)80(12-3,13-4)73(63)45-55/h18-49H,10-17H2,1-9H3. The van der Waals surface area contributed by atoms with Crippen LogP contribution in [0.1, 0.15) is 169 Å². The zero-order valence-corrected chi connectivity index (χ0v) is 51.3. The molecule has 0 amide bonds. The maximum Gasteiger partial charge on any atom is 0.402 e. The first kappa shape index (κ1) is 54.6. The number of hydrogen-bond acceptors (Lipinski definition) is 0. The number of alkyl halides is 3. The molecule has 0 saturated heterocycles. The van der Waals surface area contributed by atoms with Crippen LogP contribution in [0, 0.1) is 0 Å². The molecule has 0 heterocycles. The first-order chi connectivity index (χ1) is 41.7. The van der Waals surface area contributed by atoms with Crippen LogP contribution >= 0.6 is 0 Å². The smallest absolute Gasteiger partial charge is 0.170 e. The molecule has 0 spiro atoms. The van der Waals surface area contributed by atoms with Crippen LogP contribution in [-0.2, 0) is 27.1 Å². The van der Waals surface area contributed by atoms with Gasteiger partial charge in [-0.05, 0) is 263 Å². The lowest BCUT2D eigenvalue weighted by Crippen LogP contribution is -2.38. The van der Waals surface area contributed by atoms with E-state index in [1.54, 1.807) is 0 Å². The van der Waals surface area contributed by atoms with Crippen LogP contribution in [0.15, 0.2) is 194 Å². The fourth-order valence-corrected chi connectivity index (χ4v) is 18.2. The zero-order chi connectivity index (χ0) is 59.5. The van der Waals surface area contributed by atoms with Crippen LogP contribution in [0.3, 0.4) is 0 Å². The Morgan fingerprint density at radius 3 is 0.616 bits per heavy atom. The molecule has 86 heavy (non-hydrogen) atoms. The molecule has 10 aromatic carbocycles. The van der Waals surface area contributed by atoms with Gasteiger partial charge in [0, 0.05) is 21.7 Å². The van der Waals surface area contributed by atoms with E-state index in [1.807, 2.05) is 36.4 Å². The Kier molecular flexibility index (Phi) is 12.2. The topological polar surface area (TPSA) is 0 Å². The molecule has 0 N–H and O–H groups in total. The molecule has 10 aromatic rings. The summed E-state index contributed by atoms with van der Waals surface area (Å²) < 4.78 is 49.0. The van der Waals surface area contributed by atoms with Gasteiger partial charge in [-0.1, -0.05) is 201 Å². The molecule has 428 valence electrons. The highest BCUT2D eigenvalue weighted by molar-refractivity contribution is 5.93. The van der Waals surface area contributed by atoms with E-state index < -0.39 is 11.6 Å². The maximum absolute atomic E-state index is 16.3. The summed E-state index contributed by atoms with van der Waals surface area (Å²) in [6.07, 6.45) is 3.22. The Morgan fingerprint density at radius 2 is 0.407 bits per heavy atom. The second kappa shape index (κ2) is 19.2. The molecule has 0 bridgehead atoms. The lowest BCUT2D eigenvalue weighted by molar-refractivity contribution is -0.172. The summed E-state index contributed by atoms with van der Waals surface area (Å²) in [5, 5.41) is 0. The van der Waals surface area contributed by atoms with Crippen molar-refractivity contribution in [1.82, 2.24) is 0 Å². The first-order valence-electron chi connectivity index (χ1n) is 32.1. The molecular weight excluding hydrogens is 1050 g/mol. The van der Waals surface area contributed by atoms with Crippen LogP contribution in [0.4, 0.5) is 13.2 Å². The van der Waals surface area contributed by atoms with E-state index in [4.69, 9.17) is 0 Å². The molecule has 0 radical (unpaired) electrons. The molecule has 0 aromatic heterocycles. The third-order valence-corrected chi connectivity index (χ3v) is 23.4. The van der Waals surface area contributed by atoms with Crippen molar-refractivity contribution in [1.29, 1.82) is 0 Å². The second-order valence-electron chi connectivity index (χ2n) is 26.0. The van der Waals surface area contributed by atoms with E-state index in [1.165, 1.54) is 118 Å². The SMILES string of the molecule is CCC1(CC)c2ccccc2-c2ccc(-c3ccc4c(c3)C(CC)(CC)c3cc(-c5ccc6c(c5)C(C)(C(F)(F)F)c5cc(-c7ccc8c(c7)C(CC)(CC)c7cc(-c9ccc%10c(c9)C(CC)(CC)c9ccccc9-%10)ccc7-8)ccc5-6)ccc3-4)cc21. The summed E-state index contributed by atoms with van der Waals surface area (Å²) in [5.74, 6) is 0. The molecule has 0 unspecified atom stereocenters. The molecule has 3 heteroatoms. The van der Waals surface area contributed by atoms with Gasteiger partial charge in [-0.3, -0.25) is 0 Å². The van der Waals surface area contributed by atoms with Crippen molar-refractivity contribution in [2.45, 2.75) is 147 Å². The predicted molar refractivity (Wildman–Crippen MR) is 353 cm³/mol. The minimum Gasteiger partial charge on any atom is -0.170 e. The van der Waals surface area contributed by atoms with E-state index >= 15 is 13.2 Å². The van der Waals surface area contributed by atoms with Gasteiger partial charge in [0.25, 0.3) is 0 Å². The number of benzene rings is 10. The Balaban J connectivity index is 0.756. The lowest BCUT2D eigenvalue weighted by atomic mass is 9.72. The van der Waals surface area contributed by atoms with Crippen molar-refractivity contribution in [3.63, 3.8) is 0 Å². The van der Waals surface area contributed by atoms with Crippen LogP contribution < -0.4 is 0 Å². The van der Waals surface area contributed by atoms with Gasteiger partial charge in [0.15, 0.2) is 0 Å². The second-order valence-corrected chi connectivity index (χ2v) is 26.0. The van der Waals surface area contributed by atoms with Crippen molar-refractivity contribution in [3.05, 3.63) is 250 Å². The number of rotatable bonds is 12. The van der Waals surface area contributed by atoms with Gasteiger partial charge in [0.05, 0.1) is 0 Å². The molecule has 0 aliphatic heterocycles. The largest absolute Gasteiger partial charge is 0.402 e. The highest BCUT2D eigenvalue weighted by Crippen LogP contribution is 2.62. The van der Waals surface area contributed by atoms with Crippen LogP contribution in [0.2, 0.25) is 0 Å². The van der Waals surface area contributed by atoms with Crippen molar-refractivity contribution in [3.8, 4) is 100 Å². The Bertz CT molecular complexity index is 4190. The van der Waals surface area contributed by atoms with Crippen molar-refractivity contribution in [2.24, 2.45) is 0 Å². The summed E-state index contributed by atoms with van der Waals surface area (Å²) in [4.78, 5) is 0. The predicted octanol–water partition coefficient (Wildman–Crippen LogP) is 23.5. The molecule has 0 saturated carbocycles. The van der Waals surface area contributed by atoms with E-state index in [9.17, 15) is 0 Å². The highest BCUT2D eigenvalue weighted by atomic mass is 19.4. The minimum atomic E-state index is -4.56. The summed E-state index contributed by atoms with van der Waals surface area (Å²) in [6, 6.07) is 71.3. The minimum absolute atomic E-state index is 0.0140. The quantitative estimate of drug-likeness (QED) is 0.114. The van der Waals surface area contributed by atoms with Crippen molar-refractivity contribution < 1.29 is 13.2 Å².